The summed E-state index contributed by atoms with van der Waals surface area (Å²) < 4.78 is 0. The summed E-state index contributed by atoms with van der Waals surface area (Å²) in [5.41, 5.74) is 9.27. The Morgan fingerprint density at radius 3 is 2.94 bits per heavy atom. The Morgan fingerprint density at radius 1 is 1.56 bits per heavy atom. The molecule has 1 atom stereocenters. The molecule has 0 unspecified atom stereocenters. The lowest BCUT2D eigenvalue weighted by atomic mass is 10.1. The van der Waals surface area contributed by atoms with Crippen LogP contribution in [0, 0.1) is 5.53 Å². The van der Waals surface area contributed by atoms with Gasteiger partial charge in [-0.25, -0.2) is 5.53 Å². The SMILES string of the molecule is C[C@H]1Nc2c(N=N)cc(CO)cc2NC1=O. The molecule has 6 nitrogen and oxygen atoms in total. The molecule has 0 spiro atoms. The molecular formula is C10H12N4O2. The second-order valence-electron chi connectivity index (χ2n) is 3.66. The van der Waals surface area contributed by atoms with Crippen LogP contribution in [-0.4, -0.2) is 17.1 Å². The van der Waals surface area contributed by atoms with Crippen LogP contribution in [0.5, 0.6) is 0 Å². The van der Waals surface area contributed by atoms with E-state index >= 15 is 0 Å². The van der Waals surface area contributed by atoms with Crippen molar-refractivity contribution in [2.45, 2.75) is 19.6 Å². The largest absolute Gasteiger partial charge is 0.392 e. The summed E-state index contributed by atoms with van der Waals surface area (Å²) in [7, 11) is 0. The van der Waals surface area contributed by atoms with E-state index in [1.165, 1.54) is 0 Å². The highest BCUT2D eigenvalue weighted by Gasteiger charge is 2.24. The molecule has 1 aromatic rings. The molecule has 0 saturated carbocycles. The highest BCUT2D eigenvalue weighted by Crippen LogP contribution is 2.37. The first-order chi connectivity index (χ1) is 7.65. The summed E-state index contributed by atoms with van der Waals surface area (Å²) in [6.07, 6.45) is 0. The fourth-order valence-corrected chi connectivity index (χ4v) is 1.64. The normalized spacial score (nSPS) is 18.4. The molecule has 0 fully saturated rings. The molecule has 0 radical (unpaired) electrons. The van der Waals surface area contributed by atoms with Gasteiger partial charge in [-0.05, 0) is 24.6 Å². The number of carbonyl (C=O) groups is 1. The van der Waals surface area contributed by atoms with Crippen molar-refractivity contribution in [2.75, 3.05) is 10.6 Å². The number of amides is 1. The predicted octanol–water partition coefficient (Wildman–Crippen LogP) is 1.59. The van der Waals surface area contributed by atoms with Crippen molar-refractivity contribution in [1.29, 1.82) is 5.53 Å². The van der Waals surface area contributed by atoms with Gasteiger partial charge in [0.25, 0.3) is 0 Å². The van der Waals surface area contributed by atoms with Crippen LogP contribution in [0.1, 0.15) is 12.5 Å². The summed E-state index contributed by atoms with van der Waals surface area (Å²) in [6.45, 7) is 1.58. The first-order valence-electron chi connectivity index (χ1n) is 4.88. The summed E-state index contributed by atoms with van der Waals surface area (Å²) in [5.74, 6) is -0.140. The lowest BCUT2D eigenvalue weighted by molar-refractivity contribution is -0.116. The molecule has 16 heavy (non-hydrogen) atoms. The molecule has 1 amide bonds. The van der Waals surface area contributed by atoms with Crippen LogP contribution in [0.15, 0.2) is 17.2 Å². The number of aliphatic hydroxyl groups excluding tert-OH is 1. The minimum atomic E-state index is -0.354. The Labute approximate surface area is 92.2 Å². The minimum absolute atomic E-state index is 0.140. The van der Waals surface area contributed by atoms with Gasteiger partial charge in [-0.15, -0.1) is 0 Å². The fraction of sp³-hybridized carbons (Fsp3) is 0.300. The van der Waals surface area contributed by atoms with Gasteiger partial charge >= 0.3 is 0 Å². The molecule has 4 N–H and O–H groups in total. The average molecular weight is 220 g/mol. The topological polar surface area (TPSA) is 97.6 Å². The summed E-state index contributed by atoms with van der Waals surface area (Å²) in [4.78, 5) is 11.4. The van der Waals surface area contributed by atoms with E-state index in [0.717, 1.165) is 0 Å². The van der Waals surface area contributed by atoms with Crippen molar-refractivity contribution in [1.82, 2.24) is 0 Å². The molecule has 0 bridgehead atoms. The van der Waals surface area contributed by atoms with Gasteiger partial charge < -0.3 is 15.7 Å². The van der Waals surface area contributed by atoms with Gasteiger partial charge in [0.05, 0.1) is 18.0 Å². The Morgan fingerprint density at radius 2 is 2.31 bits per heavy atom. The molecule has 1 aliphatic rings. The van der Waals surface area contributed by atoms with Crippen molar-refractivity contribution in [3.05, 3.63) is 17.7 Å². The maximum Gasteiger partial charge on any atom is 0.246 e. The molecule has 0 aliphatic carbocycles. The molecule has 2 rings (SSSR count). The van der Waals surface area contributed by atoms with Gasteiger partial charge in [-0.2, -0.15) is 5.11 Å². The van der Waals surface area contributed by atoms with Gasteiger partial charge in [-0.3, -0.25) is 4.79 Å². The average Bonchev–Trinajstić information content (AvgIpc) is 2.29. The van der Waals surface area contributed by atoms with Crippen LogP contribution >= 0.6 is 0 Å². The van der Waals surface area contributed by atoms with E-state index in [1.807, 2.05) is 0 Å². The maximum atomic E-state index is 11.4. The van der Waals surface area contributed by atoms with Crippen molar-refractivity contribution >= 4 is 23.0 Å². The van der Waals surface area contributed by atoms with E-state index in [1.54, 1.807) is 19.1 Å². The molecule has 1 aliphatic heterocycles. The van der Waals surface area contributed by atoms with Gasteiger partial charge in [0.1, 0.15) is 11.7 Å². The van der Waals surface area contributed by atoms with Crippen molar-refractivity contribution < 1.29 is 9.90 Å². The van der Waals surface area contributed by atoms with Gasteiger partial charge in [0, 0.05) is 0 Å². The predicted molar refractivity (Wildman–Crippen MR) is 58.9 cm³/mol. The number of benzene rings is 1. The highest BCUT2D eigenvalue weighted by molar-refractivity contribution is 6.05. The van der Waals surface area contributed by atoms with Gasteiger partial charge in [-0.1, -0.05) is 0 Å². The van der Waals surface area contributed by atoms with Crippen LogP contribution in [0.3, 0.4) is 0 Å². The number of carbonyl (C=O) groups excluding carboxylic acids is 1. The monoisotopic (exact) mass is 220 g/mol. The summed E-state index contributed by atoms with van der Waals surface area (Å²) in [5, 5.41) is 18.1. The molecule has 1 aromatic carbocycles. The van der Waals surface area contributed by atoms with E-state index in [-0.39, 0.29) is 18.6 Å². The van der Waals surface area contributed by atoms with Crippen LogP contribution in [0.2, 0.25) is 0 Å². The second-order valence-corrected chi connectivity index (χ2v) is 3.66. The maximum absolute atomic E-state index is 11.4. The summed E-state index contributed by atoms with van der Waals surface area (Å²) >= 11 is 0. The molecule has 84 valence electrons. The Balaban J connectivity index is 2.54. The van der Waals surface area contributed by atoms with Crippen molar-refractivity contribution in [3.63, 3.8) is 0 Å². The lowest BCUT2D eigenvalue weighted by Crippen LogP contribution is -2.36. The Kier molecular flexibility index (Phi) is 2.57. The molecule has 0 saturated heterocycles. The third-order valence-corrected chi connectivity index (χ3v) is 2.49. The smallest absolute Gasteiger partial charge is 0.246 e. The molecule has 6 heteroatoms. The third kappa shape index (κ3) is 1.63. The standard InChI is InChI=1S/C10H12N4O2/c1-5-10(16)13-7-2-6(4-15)3-8(14-11)9(7)12-5/h2-3,5,11-12,15H,4H2,1H3,(H,13,16)/t5-/m1/s1. The number of rotatable bonds is 2. The van der Waals surface area contributed by atoms with E-state index in [9.17, 15) is 4.79 Å². The zero-order valence-electron chi connectivity index (χ0n) is 8.74. The van der Waals surface area contributed by atoms with Crippen LogP contribution < -0.4 is 10.6 Å². The first kappa shape index (κ1) is 10.6. The minimum Gasteiger partial charge on any atom is -0.392 e. The molecule has 1 heterocycles. The summed E-state index contributed by atoms with van der Waals surface area (Å²) in [6, 6.07) is 2.93. The number of hydrogen-bond donors (Lipinski definition) is 4. The number of anilines is 2. The number of aliphatic hydroxyl groups is 1. The molecule has 0 aromatic heterocycles. The van der Waals surface area contributed by atoms with Crippen LogP contribution in [0.4, 0.5) is 17.1 Å². The van der Waals surface area contributed by atoms with Crippen LogP contribution in [0.25, 0.3) is 0 Å². The zero-order valence-corrected chi connectivity index (χ0v) is 8.74. The number of nitrogens with zero attached hydrogens (tertiary/aromatic N) is 1. The Bertz CT molecular complexity index is 458. The fourth-order valence-electron chi connectivity index (χ4n) is 1.64. The molecular weight excluding hydrogens is 208 g/mol. The van der Waals surface area contributed by atoms with E-state index in [0.29, 0.717) is 22.6 Å². The number of hydrogen-bond acceptors (Lipinski definition) is 5. The van der Waals surface area contributed by atoms with Gasteiger partial charge in [0.2, 0.25) is 5.91 Å². The third-order valence-electron chi connectivity index (χ3n) is 2.49. The van der Waals surface area contributed by atoms with E-state index < -0.39 is 0 Å². The van der Waals surface area contributed by atoms with E-state index in [2.05, 4.69) is 15.7 Å². The lowest BCUT2D eigenvalue weighted by Gasteiger charge is -2.25. The van der Waals surface area contributed by atoms with Crippen LogP contribution in [-0.2, 0) is 11.4 Å². The number of nitrogens with one attached hydrogen (secondary N) is 3. The van der Waals surface area contributed by atoms with E-state index in [4.69, 9.17) is 10.6 Å². The Hall–Kier alpha value is -1.95. The van der Waals surface area contributed by atoms with Crippen molar-refractivity contribution in [2.24, 2.45) is 5.11 Å². The van der Waals surface area contributed by atoms with Gasteiger partial charge in [0.15, 0.2) is 0 Å². The highest BCUT2D eigenvalue weighted by atomic mass is 16.3. The first-order valence-corrected chi connectivity index (χ1v) is 4.88. The number of fused-ring (bicyclic) bond motifs is 1. The quantitative estimate of drug-likeness (QED) is 0.570. The second kappa shape index (κ2) is 3.90. The van der Waals surface area contributed by atoms with Crippen molar-refractivity contribution in [3.8, 4) is 0 Å². The zero-order chi connectivity index (χ0) is 11.7.